The van der Waals surface area contributed by atoms with Gasteiger partial charge in [0, 0.05) is 25.7 Å². The number of nitrogens with one attached hydrogen (secondary N) is 1. The molecule has 0 aliphatic heterocycles. The third kappa shape index (κ3) is 1.69. The molecule has 14 heavy (non-hydrogen) atoms. The van der Waals surface area contributed by atoms with Crippen molar-refractivity contribution in [3.05, 3.63) is 17.7 Å². The van der Waals surface area contributed by atoms with Gasteiger partial charge in [-0.15, -0.1) is 0 Å². The Labute approximate surface area is 85.5 Å². The summed E-state index contributed by atoms with van der Waals surface area (Å²) in [6, 6.07) is 0. The second kappa shape index (κ2) is 4.13. The minimum Gasteiger partial charge on any atom is -0.334 e. The van der Waals surface area contributed by atoms with Gasteiger partial charge < -0.3 is 9.88 Å². The zero-order valence-electron chi connectivity index (χ0n) is 9.08. The van der Waals surface area contributed by atoms with Gasteiger partial charge >= 0.3 is 0 Å². The maximum atomic E-state index is 4.54. The lowest BCUT2D eigenvalue weighted by molar-refractivity contribution is 0.614. The van der Waals surface area contributed by atoms with Crippen LogP contribution < -0.4 is 5.32 Å². The van der Waals surface area contributed by atoms with Crippen molar-refractivity contribution in [3.8, 4) is 0 Å². The first kappa shape index (κ1) is 9.71. The van der Waals surface area contributed by atoms with Crippen LogP contribution in [0.25, 0.3) is 0 Å². The molecule has 0 amide bonds. The molecule has 2 rings (SSSR count). The minimum absolute atomic E-state index is 0.714. The average Bonchev–Trinajstić information content (AvgIpc) is 2.77. The molecule has 3 heteroatoms. The van der Waals surface area contributed by atoms with Crippen LogP contribution in [0.1, 0.15) is 43.1 Å². The van der Waals surface area contributed by atoms with Gasteiger partial charge in [-0.25, -0.2) is 4.98 Å². The van der Waals surface area contributed by atoms with E-state index in [4.69, 9.17) is 0 Å². The van der Waals surface area contributed by atoms with Crippen LogP contribution in [-0.4, -0.2) is 16.6 Å². The summed E-state index contributed by atoms with van der Waals surface area (Å²) in [5.41, 5.74) is 1.29. The Morgan fingerprint density at radius 2 is 2.21 bits per heavy atom. The van der Waals surface area contributed by atoms with E-state index in [0.29, 0.717) is 5.92 Å². The van der Waals surface area contributed by atoms with E-state index >= 15 is 0 Å². The predicted molar refractivity (Wildman–Crippen MR) is 57.2 cm³/mol. The number of rotatable bonds is 3. The molecule has 1 aromatic rings. The van der Waals surface area contributed by atoms with Crippen LogP contribution in [0.2, 0.25) is 0 Å². The van der Waals surface area contributed by atoms with Gasteiger partial charge in [-0.3, -0.25) is 0 Å². The van der Waals surface area contributed by atoms with Crippen LogP contribution in [0.5, 0.6) is 0 Å². The highest BCUT2D eigenvalue weighted by molar-refractivity contribution is 5.09. The van der Waals surface area contributed by atoms with E-state index in [0.717, 1.165) is 6.54 Å². The molecule has 0 radical (unpaired) electrons. The molecule has 0 bridgehead atoms. The van der Waals surface area contributed by atoms with E-state index in [1.54, 1.807) is 0 Å². The number of hydrogen-bond acceptors (Lipinski definition) is 2. The van der Waals surface area contributed by atoms with Crippen molar-refractivity contribution in [2.45, 2.75) is 38.1 Å². The third-order valence-corrected chi connectivity index (χ3v) is 3.20. The van der Waals surface area contributed by atoms with Crippen LogP contribution in [0.3, 0.4) is 0 Å². The topological polar surface area (TPSA) is 29.9 Å². The number of nitrogens with zero attached hydrogens (tertiary/aromatic N) is 2. The smallest absolute Gasteiger partial charge is 0.111 e. The first-order valence-electron chi connectivity index (χ1n) is 5.48. The summed E-state index contributed by atoms with van der Waals surface area (Å²) in [5.74, 6) is 2.00. The lowest BCUT2D eigenvalue weighted by atomic mass is 10.1. The van der Waals surface area contributed by atoms with Gasteiger partial charge in [-0.1, -0.05) is 12.8 Å². The fourth-order valence-corrected chi connectivity index (χ4v) is 2.37. The fourth-order valence-electron chi connectivity index (χ4n) is 2.37. The largest absolute Gasteiger partial charge is 0.334 e. The second-order valence-electron chi connectivity index (χ2n) is 4.18. The summed E-state index contributed by atoms with van der Waals surface area (Å²) in [6.07, 6.45) is 7.40. The van der Waals surface area contributed by atoms with Gasteiger partial charge in [0.1, 0.15) is 5.82 Å². The predicted octanol–water partition coefficient (Wildman–Crippen LogP) is 1.80. The van der Waals surface area contributed by atoms with Crippen LogP contribution in [-0.2, 0) is 13.6 Å². The first-order chi connectivity index (χ1) is 6.83. The average molecular weight is 193 g/mol. The van der Waals surface area contributed by atoms with E-state index < -0.39 is 0 Å². The number of hydrogen-bond donors (Lipinski definition) is 1. The summed E-state index contributed by atoms with van der Waals surface area (Å²) in [6.45, 7) is 0.913. The van der Waals surface area contributed by atoms with E-state index in [2.05, 4.69) is 21.9 Å². The second-order valence-corrected chi connectivity index (χ2v) is 4.18. The Kier molecular flexibility index (Phi) is 2.87. The normalized spacial score (nSPS) is 17.9. The van der Waals surface area contributed by atoms with Crippen LogP contribution in [0, 0.1) is 0 Å². The zero-order valence-corrected chi connectivity index (χ0v) is 9.08. The molecule has 0 saturated heterocycles. The number of aromatic nitrogens is 2. The summed E-state index contributed by atoms with van der Waals surface area (Å²) in [7, 11) is 4.11. The highest BCUT2D eigenvalue weighted by atomic mass is 15.1. The van der Waals surface area contributed by atoms with Crippen molar-refractivity contribution in [3.63, 3.8) is 0 Å². The van der Waals surface area contributed by atoms with Crippen LogP contribution in [0.15, 0.2) is 6.20 Å². The SMILES string of the molecule is CNCc1cnc(C2CCCC2)n1C. The third-order valence-electron chi connectivity index (χ3n) is 3.20. The molecule has 0 atom stereocenters. The van der Waals surface area contributed by atoms with Crippen LogP contribution in [0.4, 0.5) is 0 Å². The maximum Gasteiger partial charge on any atom is 0.111 e. The minimum atomic E-state index is 0.714. The van der Waals surface area contributed by atoms with E-state index in [1.807, 2.05) is 13.2 Å². The van der Waals surface area contributed by atoms with Gasteiger partial charge in [0.05, 0.1) is 5.69 Å². The molecule has 0 unspecified atom stereocenters. The summed E-state index contributed by atoms with van der Waals surface area (Å²) in [5, 5.41) is 3.17. The van der Waals surface area contributed by atoms with Crippen LogP contribution >= 0.6 is 0 Å². The molecule has 1 fully saturated rings. The molecule has 0 spiro atoms. The molecule has 3 nitrogen and oxygen atoms in total. The van der Waals surface area contributed by atoms with Gasteiger partial charge in [0.2, 0.25) is 0 Å². The molecule has 1 N–H and O–H groups in total. The standard InChI is InChI=1S/C11H19N3/c1-12-7-10-8-13-11(14(10)2)9-5-3-4-6-9/h8-9,12H,3-7H2,1-2H3. The van der Waals surface area contributed by atoms with Crippen molar-refractivity contribution in [2.24, 2.45) is 7.05 Å². The van der Waals surface area contributed by atoms with Crippen molar-refractivity contribution in [1.29, 1.82) is 0 Å². The Morgan fingerprint density at radius 3 is 2.86 bits per heavy atom. The highest BCUT2D eigenvalue weighted by Crippen LogP contribution is 2.33. The lowest BCUT2D eigenvalue weighted by Gasteiger charge is -2.10. The first-order valence-corrected chi connectivity index (χ1v) is 5.48. The Morgan fingerprint density at radius 1 is 1.50 bits per heavy atom. The van der Waals surface area contributed by atoms with E-state index in [9.17, 15) is 0 Å². The van der Waals surface area contributed by atoms with Crippen molar-refractivity contribution >= 4 is 0 Å². The monoisotopic (exact) mass is 193 g/mol. The summed E-state index contributed by atoms with van der Waals surface area (Å²) >= 11 is 0. The molecule has 1 saturated carbocycles. The Bertz CT molecular complexity index is 297. The van der Waals surface area contributed by atoms with Gasteiger partial charge in [0.25, 0.3) is 0 Å². The maximum absolute atomic E-state index is 4.54. The van der Waals surface area contributed by atoms with E-state index in [1.165, 1.54) is 37.2 Å². The molecule has 1 heterocycles. The summed E-state index contributed by atoms with van der Waals surface area (Å²) < 4.78 is 2.26. The zero-order chi connectivity index (χ0) is 9.97. The molecular weight excluding hydrogens is 174 g/mol. The molecule has 78 valence electrons. The lowest BCUT2D eigenvalue weighted by Crippen LogP contribution is -2.11. The molecule has 1 aliphatic carbocycles. The molecule has 0 aromatic carbocycles. The molecular formula is C11H19N3. The van der Waals surface area contributed by atoms with Crippen molar-refractivity contribution in [2.75, 3.05) is 7.05 Å². The fraction of sp³-hybridized carbons (Fsp3) is 0.727. The van der Waals surface area contributed by atoms with Crippen molar-refractivity contribution < 1.29 is 0 Å². The Balaban J connectivity index is 2.17. The van der Waals surface area contributed by atoms with Gasteiger partial charge in [0.15, 0.2) is 0 Å². The van der Waals surface area contributed by atoms with E-state index in [-0.39, 0.29) is 0 Å². The highest BCUT2D eigenvalue weighted by Gasteiger charge is 2.21. The van der Waals surface area contributed by atoms with Crippen molar-refractivity contribution in [1.82, 2.24) is 14.9 Å². The molecule has 1 aliphatic rings. The molecule has 1 aromatic heterocycles. The van der Waals surface area contributed by atoms with Gasteiger partial charge in [-0.05, 0) is 19.9 Å². The summed E-state index contributed by atoms with van der Waals surface area (Å²) in [4.78, 5) is 4.54. The number of imidazole rings is 1. The van der Waals surface area contributed by atoms with Gasteiger partial charge in [-0.2, -0.15) is 0 Å². The Hall–Kier alpha value is -0.830. The quantitative estimate of drug-likeness (QED) is 0.793.